The summed E-state index contributed by atoms with van der Waals surface area (Å²) in [6.45, 7) is 2.01. The monoisotopic (exact) mass is 263 g/mol. The summed E-state index contributed by atoms with van der Waals surface area (Å²) in [7, 11) is 1.59. The number of aryl methyl sites for hydroxylation is 1. The van der Waals surface area contributed by atoms with E-state index in [-0.39, 0.29) is 12.1 Å². The number of anilines is 1. The van der Waals surface area contributed by atoms with Crippen molar-refractivity contribution in [2.75, 3.05) is 12.4 Å². The minimum absolute atomic E-state index is 0.0396. The summed E-state index contributed by atoms with van der Waals surface area (Å²) in [5.41, 5.74) is 1.82. The average Bonchev–Trinajstić information content (AvgIpc) is 2.39. The molecule has 0 saturated heterocycles. The Morgan fingerprint density at radius 1 is 1.11 bits per heavy atom. The van der Waals surface area contributed by atoms with Crippen LogP contribution in [0.15, 0.2) is 36.4 Å². The van der Waals surface area contributed by atoms with Crippen LogP contribution in [-0.2, 0) is 6.54 Å². The van der Waals surface area contributed by atoms with E-state index in [1.54, 1.807) is 13.2 Å². The van der Waals surface area contributed by atoms with Crippen LogP contribution in [0.4, 0.5) is 14.5 Å². The smallest absolute Gasteiger partial charge is 0.131 e. The van der Waals surface area contributed by atoms with E-state index in [1.165, 1.54) is 18.2 Å². The molecule has 0 bridgehead atoms. The predicted molar refractivity (Wildman–Crippen MR) is 71.4 cm³/mol. The highest BCUT2D eigenvalue weighted by molar-refractivity contribution is 5.53. The van der Waals surface area contributed by atoms with Gasteiger partial charge in [0.05, 0.1) is 7.11 Å². The van der Waals surface area contributed by atoms with Crippen molar-refractivity contribution in [2.24, 2.45) is 0 Å². The van der Waals surface area contributed by atoms with E-state index < -0.39 is 11.6 Å². The third kappa shape index (κ3) is 3.02. The van der Waals surface area contributed by atoms with Crippen LogP contribution < -0.4 is 10.1 Å². The molecule has 0 aliphatic heterocycles. The third-order valence-electron chi connectivity index (χ3n) is 2.95. The highest BCUT2D eigenvalue weighted by Gasteiger charge is 2.08. The number of rotatable bonds is 4. The third-order valence-corrected chi connectivity index (χ3v) is 2.95. The van der Waals surface area contributed by atoms with Crippen LogP contribution in [0.1, 0.15) is 11.1 Å². The number of halogens is 2. The molecular weight excluding hydrogens is 248 g/mol. The second kappa shape index (κ2) is 5.69. The van der Waals surface area contributed by atoms with Gasteiger partial charge in [-0.2, -0.15) is 0 Å². The van der Waals surface area contributed by atoms with Gasteiger partial charge < -0.3 is 10.1 Å². The summed E-state index contributed by atoms with van der Waals surface area (Å²) in [6, 6.07) is 9.34. The first-order valence-electron chi connectivity index (χ1n) is 5.93. The molecule has 4 heteroatoms. The summed E-state index contributed by atoms with van der Waals surface area (Å²) < 4.78 is 32.0. The quantitative estimate of drug-likeness (QED) is 0.903. The van der Waals surface area contributed by atoms with Crippen molar-refractivity contribution in [3.8, 4) is 5.75 Å². The first kappa shape index (κ1) is 13.3. The number of hydrogen-bond donors (Lipinski definition) is 1. The molecular formula is C15H15F2NO. The number of benzene rings is 2. The molecule has 100 valence electrons. The molecule has 2 aromatic rings. The lowest BCUT2D eigenvalue weighted by molar-refractivity contribution is 0.414. The van der Waals surface area contributed by atoms with Gasteiger partial charge >= 0.3 is 0 Å². The summed E-state index contributed by atoms with van der Waals surface area (Å²) in [5.74, 6) is -0.336. The molecule has 0 amide bonds. The molecule has 0 unspecified atom stereocenters. The Bertz CT molecular complexity index is 564. The van der Waals surface area contributed by atoms with E-state index in [2.05, 4.69) is 5.32 Å². The number of methoxy groups -OCH3 is 1. The van der Waals surface area contributed by atoms with E-state index in [4.69, 9.17) is 4.74 Å². The molecule has 0 aliphatic rings. The fraction of sp³-hybridized carbons (Fsp3) is 0.200. The van der Waals surface area contributed by atoms with Crippen LogP contribution in [0.2, 0.25) is 0 Å². The summed E-state index contributed by atoms with van der Waals surface area (Å²) >= 11 is 0. The molecule has 2 aromatic carbocycles. The van der Waals surface area contributed by atoms with Crippen molar-refractivity contribution in [1.29, 1.82) is 0 Å². The minimum Gasteiger partial charge on any atom is -0.497 e. The number of ether oxygens (including phenoxy) is 1. The maximum atomic E-state index is 13.5. The summed E-state index contributed by atoms with van der Waals surface area (Å²) in [6.07, 6.45) is 0. The maximum Gasteiger partial charge on any atom is 0.131 e. The van der Waals surface area contributed by atoms with Crippen LogP contribution in [0, 0.1) is 18.6 Å². The predicted octanol–water partition coefficient (Wildman–Crippen LogP) is 3.89. The number of hydrogen-bond acceptors (Lipinski definition) is 2. The molecule has 0 heterocycles. The lowest BCUT2D eigenvalue weighted by Crippen LogP contribution is -2.05. The van der Waals surface area contributed by atoms with E-state index in [0.29, 0.717) is 0 Å². The fourth-order valence-corrected chi connectivity index (χ4v) is 1.85. The SMILES string of the molecule is COc1ccc(NCc2c(F)cccc2F)c(C)c1. The highest BCUT2D eigenvalue weighted by Crippen LogP contribution is 2.22. The van der Waals surface area contributed by atoms with Crippen molar-refractivity contribution in [1.82, 2.24) is 0 Å². The summed E-state index contributed by atoms with van der Waals surface area (Å²) in [5, 5.41) is 3.03. The maximum absolute atomic E-state index is 13.5. The summed E-state index contributed by atoms with van der Waals surface area (Å²) in [4.78, 5) is 0. The molecule has 19 heavy (non-hydrogen) atoms. The van der Waals surface area contributed by atoms with Crippen LogP contribution in [0.5, 0.6) is 5.75 Å². The van der Waals surface area contributed by atoms with Crippen molar-refractivity contribution in [2.45, 2.75) is 13.5 Å². The Morgan fingerprint density at radius 2 is 1.79 bits per heavy atom. The zero-order chi connectivity index (χ0) is 13.8. The van der Waals surface area contributed by atoms with Gasteiger partial charge in [-0.1, -0.05) is 6.07 Å². The lowest BCUT2D eigenvalue weighted by atomic mass is 10.1. The van der Waals surface area contributed by atoms with Gasteiger partial charge in [0.2, 0.25) is 0 Å². The molecule has 0 aliphatic carbocycles. The van der Waals surface area contributed by atoms with Crippen molar-refractivity contribution < 1.29 is 13.5 Å². The standard InChI is InChI=1S/C15H15F2NO/c1-10-8-11(19-2)6-7-15(10)18-9-12-13(16)4-3-5-14(12)17/h3-8,18H,9H2,1-2H3. The van der Waals surface area contributed by atoms with Crippen LogP contribution in [-0.4, -0.2) is 7.11 Å². The van der Waals surface area contributed by atoms with Crippen molar-refractivity contribution in [3.63, 3.8) is 0 Å². The van der Waals surface area contributed by atoms with Gasteiger partial charge in [0.15, 0.2) is 0 Å². The van der Waals surface area contributed by atoms with Gasteiger partial charge in [-0.15, -0.1) is 0 Å². The van der Waals surface area contributed by atoms with Gasteiger partial charge in [0, 0.05) is 17.8 Å². The van der Waals surface area contributed by atoms with E-state index in [0.717, 1.165) is 17.0 Å². The Kier molecular flexibility index (Phi) is 4.00. The molecule has 0 spiro atoms. The van der Waals surface area contributed by atoms with Gasteiger partial charge in [-0.05, 0) is 42.8 Å². The van der Waals surface area contributed by atoms with Gasteiger partial charge in [0.25, 0.3) is 0 Å². The first-order chi connectivity index (χ1) is 9.11. The second-order valence-corrected chi connectivity index (χ2v) is 4.23. The Hall–Kier alpha value is -2.10. The largest absolute Gasteiger partial charge is 0.497 e. The van der Waals surface area contributed by atoms with Crippen LogP contribution in [0.25, 0.3) is 0 Å². The van der Waals surface area contributed by atoms with Gasteiger partial charge in [-0.25, -0.2) is 8.78 Å². The second-order valence-electron chi connectivity index (χ2n) is 4.23. The normalized spacial score (nSPS) is 10.3. The zero-order valence-corrected chi connectivity index (χ0v) is 10.8. The Labute approximate surface area is 111 Å². The number of nitrogens with one attached hydrogen (secondary N) is 1. The average molecular weight is 263 g/mol. The van der Waals surface area contributed by atoms with Gasteiger partial charge in [0.1, 0.15) is 17.4 Å². The molecule has 2 rings (SSSR count). The van der Waals surface area contributed by atoms with E-state index >= 15 is 0 Å². The zero-order valence-electron chi connectivity index (χ0n) is 10.8. The fourth-order valence-electron chi connectivity index (χ4n) is 1.85. The Morgan fingerprint density at radius 3 is 2.37 bits per heavy atom. The molecule has 0 radical (unpaired) electrons. The lowest BCUT2D eigenvalue weighted by Gasteiger charge is -2.12. The highest BCUT2D eigenvalue weighted by atomic mass is 19.1. The molecule has 1 N–H and O–H groups in total. The topological polar surface area (TPSA) is 21.3 Å². The molecule has 0 fully saturated rings. The Balaban J connectivity index is 2.15. The molecule has 0 saturated carbocycles. The molecule has 0 aromatic heterocycles. The van der Waals surface area contributed by atoms with Crippen LogP contribution in [0.3, 0.4) is 0 Å². The van der Waals surface area contributed by atoms with E-state index in [1.807, 2.05) is 19.1 Å². The van der Waals surface area contributed by atoms with Crippen LogP contribution >= 0.6 is 0 Å². The minimum atomic E-state index is -0.543. The van der Waals surface area contributed by atoms with Gasteiger partial charge in [-0.3, -0.25) is 0 Å². The van der Waals surface area contributed by atoms with Crippen molar-refractivity contribution in [3.05, 3.63) is 59.2 Å². The molecule has 0 atom stereocenters. The van der Waals surface area contributed by atoms with E-state index in [9.17, 15) is 8.78 Å². The first-order valence-corrected chi connectivity index (χ1v) is 5.93. The molecule has 2 nitrogen and oxygen atoms in total. The van der Waals surface area contributed by atoms with Crippen molar-refractivity contribution >= 4 is 5.69 Å².